The standard InChI is InChI=1S/C19H27N5/c1-23-14-20-12-17(23)19-18(21-9-10-22-19)15-6-5-11-24(13-15)16-7-3-2-4-8-16/h9-10,12,14-16H,2-8,11,13H2,1H3/t15-/m1/s1. The Morgan fingerprint density at radius 2 is 1.83 bits per heavy atom. The van der Waals surface area contributed by atoms with Crippen molar-refractivity contribution in [1.82, 2.24) is 24.4 Å². The molecule has 0 N–H and O–H groups in total. The fourth-order valence-corrected chi connectivity index (χ4v) is 4.44. The van der Waals surface area contributed by atoms with Crippen LogP contribution in [0.25, 0.3) is 11.4 Å². The van der Waals surface area contributed by atoms with E-state index in [4.69, 9.17) is 4.98 Å². The van der Waals surface area contributed by atoms with Crippen molar-refractivity contribution in [1.29, 1.82) is 0 Å². The van der Waals surface area contributed by atoms with E-state index in [1.54, 1.807) is 6.20 Å². The summed E-state index contributed by atoms with van der Waals surface area (Å²) in [6, 6.07) is 0.790. The van der Waals surface area contributed by atoms with Gasteiger partial charge in [0, 0.05) is 37.9 Å². The maximum atomic E-state index is 4.75. The SMILES string of the molecule is Cn1cncc1-c1nccnc1[C@@H]1CCCN(C2CCCCC2)C1. The Morgan fingerprint density at radius 1 is 1.00 bits per heavy atom. The van der Waals surface area contributed by atoms with Gasteiger partial charge < -0.3 is 4.57 Å². The van der Waals surface area contributed by atoms with Crippen molar-refractivity contribution in [2.24, 2.45) is 7.05 Å². The second-order valence-electron chi connectivity index (χ2n) is 7.31. The van der Waals surface area contributed by atoms with Gasteiger partial charge in [0.05, 0.1) is 23.9 Å². The fraction of sp³-hybridized carbons (Fsp3) is 0.632. The summed E-state index contributed by atoms with van der Waals surface area (Å²) in [5, 5.41) is 0. The number of aromatic nitrogens is 4. The van der Waals surface area contributed by atoms with Crippen molar-refractivity contribution < 1.29 is 0 Å². The Labute approximate surface area is 144 Å². The lowest BCUT2D eigenvalue weighted by atomic mass is 9.88. The third kappa shape index (κ3) is 3.09. The normalized spacial score (nSPS) is 23.5. The van der Waals surface area contributed by atoms with E-state index in [0.29, 0.717) is 5.92 Å². The largest absolute Gasteiger partial charge is 0.332 e. The first-order valence-corrected chi connectivity index (χ1v) is 9.34. The second-order valence-corrected chi connectivity index (χ2v) is 7.31. The molecule has 2 fully saturated rings. The number of likely N-dealkylation sites (tertiary alicyclic amines) is 1. The zero-order valence-corrected chi connectivity index (χ0v) is 14.6. The van der Waals surface area contributed by atoms with Gasteiger partial charge >= 0.3 is 0 Å². The molecule has 0 aromatic carbocycles. The quantitative estimate of drug-likeness (QED) is 0.868. The summed E-state index contributed by atoms with van der Waals surface area (Å²) in [6.07, 6.45) is 16.8. The Kier molecular flexibility index (Phi) is 4.60. The first kappa shape index (κ1) is 15.8. The smallest absolute Gasteiger partial charge is 0.110 e. The fourth-order valence-electron chi connectivity index (χ4n) is 4.44. The molecule has 1 aliphatic heterocycles. The van der Waals surface area contributed by atoms with Gasteiger partial charge in [0.2, 0.25) is 0 Å². The van der Waals surface area contributed by atoms with Crippen LogP contribution < -0.4 is 0 Å². The highest BCUT2D eigenvalue weighted by molar-refractivity contribution is 5.57. The van der Waals surface area contributed by atoms with E-state index in [0.717, 1.165) is 29.7 Å². The van der Waals surface area contributed by atoms with E-state index in [-0.39, 0.29) is 0 Å². The van der Waals surface area contributed by atoms with Crippen LogP contribution in [0.2, 0.25) is 0 Å². The molecule has 2 aromatic heterocycles. The van der Waals surface area contributed by atoms with Crippen molar-refractivity contribution >= 4 is 0 Å². The zero-order valence-electron chi connectivity index (χ0n) is 14.6. The molecular formula is C19H27N5. The number of hydrogen-bond donors (Lipinski definition) is 0. The highest BCUT2D eigenvalue weighted by Gasteiger charge is 2.30. The Balaban J connectivity index is 1.58. The van der Waals surface area contributed by atoms with Crippen LogP contribution in [0.3, 0.4) is 0 Å². The van der Waals surface area contributed by atoms with Gasteiger partial charge in [-0.3, -0.25) is 14.9 Å². The van der Waals surface area contributed by atoms with Crippen LogP contribution in [0.4, 0.5) is 0 Å². The van der Waals surface area contributed by atoms with E-state index in [9.17, 15) is 0 Å². The van der Waals surface area contributed by atoms with Gasteiger partial charge in [-0.25, -0.2) is 4.98 Å². The highest BCUT2D eigenvalue weighted by atomic mass is 15.2. The molecule has 0 spiro atoms. The Hall–Kier alpha value is -1.75. The van der Waals surface area contributed by atoms with E-state index in [1.165, 1.54) is 51.5 Å². The van der Waals surface area contributed by atoms with E-state index in [1.807, 2.05) is 30.3 Å². The average Bonchev–Trinajstić information content (AvgIpc) is 3.08. The summed E-state index contributed by atoms with van der Waals surface area (Å²) in [7, 11) is 2.02. The van der Waals surface area contributed by atoms with Crippen molar-refractivity contribution in [2.45, 2.75) is 56.9 Å². The maximum absolute atomic E-state index is 4.75. The predicted molar refractivity (Wildman–Crippen MR) is 94.7 cm³/mol. The molecule has 1 saturated heterocycles. The summed E-state index contributed by atoms with van der Waals surface area (Å²) in [4.78, 5) is 16.4. The predicted octanol–water partition coefficient (Wildman–Crippen LogP) is 3.39. The van der Waals surface area contributed by atoms with Crippen LogP contribution in [0.1, 0.15) is 56.6 Å². The van der Waals surface area contributed by atoms with E-state index >= 15 is 0 Å². The summed E-state index contributed by atoms with van der Waals surface area (Å²) in [6.45, 7) is 2.39. The molecule has 0 unspecified atom stereocenters. The molecule has 5 heteroatoms. The molecule has 4 rings (SSSR count). The number of hydrogen-bond acceptors (Lipinski definition) is 4. The minimum atomic E-state index is 0.485. The van der Waals surface area contributed by atoms with Crippen LogP contribution in [0, 0.1) is 0 Å². The number of imidazole rings is 1. The van der Waals surface area contributed by atoms with Gasteiger partial charge in [0.1, 0.15) is 5.69 Å². The molecule has 0 amide bonds. The molecule has 5 nitrogen and oxygen atoms in total. The molecule has 1 atom stereocenters. The van der Waals surface area contributed by atoms with Crippen LogP contribution in [-0.2, 0) is 7.05 Å². The average molecular weight is 325 g/mol. The lowest BCUT2D eigenvalue weighted by molar-refractivity contribution is 0.118. The van der Waals surface area contributed by atoms with Crippen molar-refractivity contribution in [2.75, 3.05) is 13.1 Å². The summed E-state index contributed by atoms with van der Waals surface area (Å²) in [5.41, 5.74) is 3.22. The Morgan fingerprint density at radius 3 is 2.62 bits per heavy atom. The molecule has 2 aliphatic rings. The molecule has 1 aliphatic carbocycles. The van der Waals surface area contributed by atoms with Crippen molar-refractivity contribution in [3.63, 3.8) is 0 Å². The molecule has 0 bridgehead atoms. The van der Waals surface area contributed by atoms with E-state index < -0.39 is 0 Å². The molecule has 0 radical (unpaired) electrons. The lowest BCUT2D eigenvalue weighted by Crippen LogP contribution is -2.43. The molecule has 2 aromatic rings. The summed E-state index contributed by atoms with van der Waals surface area (Å²) in [5.74, 6) is 0.485. The summed E-state index contributed by atoms with van der Waals surface area (Å²) < 4.78 is 2.04. The molecule has 128 valence electrons. The molecule has 24 heavy (non-hydrogen) atoms. The van der Waals surface area contributed by atoms with Crippen LogP contribution >= 0.6 is 0 Å². The van der Waals surface area contributed by atoms with Gasteiger partial charge in [0.25, 0.3) is 0 Å². The van der Waals surface area contributed by atoms with Crippen LogP contribution in [0.15, 0.2) is 24.9 Å². The Bertz CT molecular complexity index is 674. The van der Waals surface area contributed by atoms with Gasteiger partial charge in [-0.05, 0) is 32.2 Å². The number of rotatable bonds is 3. The first-order valence-electron chi connectivity index (χ1n) is 9.34. The van der Waals surface area contributed by atoms with Crippen LogP contribution in [-0.4, -0.2) is 43.6 Å². The minimum Gasteiger partial charge on any atom is -0.332 e. The van der Waals surface area contributed by atoms with Crippen LogP contribution in [0.5, 0.6) is 0 Å². The topological polar surface area (TPSA) is 46.8 Å². The number of nitrogens with zero attached hydrogens (tertiary/aromatic N) is 5. The van der Waals surface area contributed by atoms with E-state index in [2.05, 4.69) is 14.9 Å². The first-order chi connectivity index (χ1) is 11.8. The minimum absolute atomic E-state index is 0.485. The third-order valence-corrected chi connectivity index (χ3v) is 5.72. The zero-order chi connectivity index (χ0) is 16.4. The van der Waals surface area contributed by atoms with Gasteiger partial charge in [0.15, 0.2) is 0 Å². The van der Waals surface area contributed by atoms with Crippen molar-refractivity contribution in [3.8, 4) is 11.4 Å². The maximum Gasteiger partial charge on any atom is 0.110 e. The van der Waals surface area contributed by atoms with Gasteiger partial charge in [-0.1, -0.05) is 19.3 Å². The lowest BCUT2D eigenvalue weighted by Gasteiger charge is -2.40. The third-order valence-electron chi connectivity index (χ3n) is 5.72. The van der Waals surface area contributed by atoms with Gasteiger partial charge in [-0.2, -0.15) is 0 Å². The second kappa shape index (κ2) is 7.01. The summed E-state index contributed by atoms with van der Waals surface area (Å²) >= 11 is 0. The van der Waals surface area contributed by atoms with Gasteiger partial charge in [-0.15, -0.1) is 0 Å². The number of piperidine rings is 1. The monoisotopic (exact) mass is 325 g/mol. The molecule has 1 saturated carbocycles. The molecular weight excluding hydrogens is 298 g/mol. The highest BCUT2D eigenvalue weighted by Crippen LogP contribution is 2.34. The number of aryl methyl sites for hydroxylation is 1. The molecule has 3 heterocycles. The van der Waals surface area contributed by atoms with Crippen molar-refractivity contribution in [3.05, 3.63) is 30.6 Å².